The van der Waals surface area contributed by atoms with Gasteiger partial charge in [0, 0.05) is 5.03 Å². The van der Waals surface area contributed by atoms with Gasteiger partial charge in [0.05, 0.1) is 11.2 Å². The molecular formula is C7H8ClNS. The molecule has 0 aromatic rings. The number of nitrogens with zero attached hydrogens (tertiary/aromatic N) is 1. The zero-order valence-corrected chi connectivity index (χ0v) is 7.08. The van der Waals surface area contributed by atoms with Crippen molar-refractivity contribution in [1.29, 1.82) is 0 Å². The number of aliphatic imine (C=N–C) groups is 1. The third-order valence-electron chi connectivity index (χ3n) is 1.56. The largest absolute Gasteiger partial charge is 0.229 e. The molecule has 0 saturated carbocycles. The number of hydrogen-bond donors (Lipinski definition) is 0. The van der Waals surface area contributed by atoms with Crippen LogP contribution >= 0.6 is 23.8 Å². The molecule has 0 N–H and O–H groups in total. The monoisotopic (exact) mass is 173 g/mol. The SMILES string of the molecule is S=C=NC1CC=C(Cl)CC1. The van der Waals surface area contributed by atoms with Gasteiger partial charge in [0.15, 0.2) is 0 Å². The van der Waals surface area contributed by atoms with E-state index >= 15 is 0 Å². The van der Waals surface area contributed by atoms with Gasteiger partial charge in [-0.2, -0.15) is 0 Å². The number of halogens is 1. The predicted molar refractivity (Wildman–Crippen MR) is 46.6 cm³/mol. The fourth-order valence-electron chi connectivity index (χ4n) is 0.980. The van der Waals surface area contributed by atoms with Gasteiger partial charge < -0.3 is 0 Å². The van der Waals surface area contributed by atoms with Crippen LogP contribution in [0.3, 0.4) is 0 Å². The molecule has 0 radical (unpaired) electrons. The summed E-state index contributed by atoms with van der Waals surface area (Å²) < 4.78 is 0. The van der Waals surface area contributed by atoms with Gasteiger partial charge in [-0.25, -0.2) is 4.99 Å². The van der Waals surface area contributed by atoms with Crippen molar-refractivity contribution in [2.75, 3.05) is 0 Å². The maximum absolute atomic E-state index is 5.76. The van der Waals surface area contributed by atoms with Crippen LogP contribution in [0.4, 0.5) is 0 Å². The summed E-state index contributed by atoms with van der Waals surface area (Å²) in [6.45, 7) is 0. The Morgan fingerprint density at radius 3 is 3.10 bits per heavy atom. The third-order valence-corrected chi connectivity index (χ3v) is 2.01. The summed E-state index contributed by atoms with van der Waals surface area (Å²) >= 11 is 10.2. The molecule has 1 unspecified atom stereocenters. The van der Waals surface area contributed by atoms with E-state index < -0.39 is 0 Å². The molecular weight excluding hydrogens is 166 g/mol. The fourth-order valence-corrected chi connectivity index (χ4v) is 1.33. The van der Waals surface area contributed by atoms with Gasteiger partial charge in [-0.3, -0.25) is 0 Å². The van der Waals surface area contributed by atoms with Gasteiger partial charge in [-0.1, -0.05) is 17.7 Å². The van der Waals surface area contributed by atoms with Gasteiger partial charge in [0.1, 0.15) is 0 Å². The molecule has 1 aliphatic carbocycles. The van der Waals surface area contributed by atoms with E-state index in [4.69, 9.17) is 11.6 Å². The maximum Gasteiger partial charge on any atom is 0.0641 e. The van der Waals surface area contributed by atoms with Gasteiger partial charge in [-0.15, -0.1) is 0 Å². The highest BCUT2D eigenvalue weighted by atomic mass is 35.5. The molecule has 0 fully saturated rings. The molecule has 0 aromatic heterocycles. The second-order valence-corrected chi connectivity index (χ2v) is 2.97. The number of thiocarbonyl (C=S) groups is 1. The molecule has 0 amide bonds. The quantitative estimate of drug-likeness (QED) is 0.439. The first kappa shape index (κ1) is 7.93. The summed E-state index contributed by atoms with van der Waals surface area (Å²) in [6.07, 6.45) is 4.88. The Balaban J connectivity index is 2.49. The summed E-state index contributed by atoms with van der Waals surface area (Å²) in [5, 5.41) is 3.34. The topological polar surface area (TPSA) is 12.4 Å². The summed E-state index contributed by atoms with van der Waals surface area (Å²) in [7, 11) is 0. The minimum Gasteiger partial charge on any atom is -0.229 e. The van der Waals surface area contributed by atoms with Crippen LogP contribution in [0, 0.1) is 0 Å². The summed E-state index contributed by atoms with van der Waals surface area (Å²) in [5.41, 5.74) is 0. The van der Waals surface area contributed by atoms with Crippen molar-refractivity contribution in [2.45, 2.75) is 25.3 Å². The average molecular weight is 174 g/mol. The van der Waals surface area contributed by atoms with E-state index in [1.54, 1.807) is 0 Å². The van der Waals surface area contributed by atoms with Crippen LogP contribution in [-0.4, -0.2) is 11.2 Å². The molecule has 0 heterocycles. The summed E-state index contributed by atoms with van der Waals surface area (Å²) in [5.74, 6) is 0. The Bertz CT molecular complexity index is 194. The van der Waals surface area contributed by atoms with Crippen LogP contribution in [-0.2, 0) is 0 Å². The first-order chi connectivity index (χ1) is 4.83. The van der Waals surface area contributed by atoms with Gasteiger partial charge >= 0.3 is 0 Å². The summed E-state index contributed by atoms with van der Waals surface area (Å²) in [4.78, 5) is 3.98. The highest BCUT2D eigenvalue weighted by Crippen LogP contribution is 2.22. The minimum atomic E-state index is 0.333. The molecule has 0 aliphatic heterocycles. The van der Waals surface area contributed by atoms with Crippen LogP contribution in [0.1, 0.15) is 19.3 Å². The number of isothiocyanates is 1. The van der Waals surface area contributed by atoms with Crippen LogP contribution in [0.15, 0.2) is 16.1 Å². The molecule has 0 bridgehead atoms. The summed E-state index contributed by atoms with van der Waals surface area (Å²) in [6, 6.07) is 0.333. The molecule has 1 nitrogen and oxygen atoms in total. The molecule has 1 rings (SSSR count). The Labute approximate surface area is 70.8 Å². The molecule has 0 spiro atoms. The van der Waals surface area contributed by atoms with Crippen molar-refractivity contribution in [3.63, 3.8) is 0 Å². The van der Waals surface area contributed by atoms with Gasteiger partial charge in [-0.05, 0) is 31.5 Å². The Morgan fingerprint density at radius 1 is 1.80 bits per heavy atom. The lowest BCUT2D eigenvalue weighted by molar-refractivity contribution is 0.607. The normalized spacial score (nSPS) is 24.9. The van der Waals surface area contributed by atoms with E-state index in [2.05, 4.69) is 22.4 Å². The first-order valence-electron chi connectivity index (χ1n) is 3.24. The lowest BCUT2D eigenvalue weighted by Gasteiger charge is -2.12. The van der Waals surface area contributed by atoms with Crippen molar-refractivity contribution < 1.29 is 0 Å². The molecule has 10 heavy (non-hydrogen) atoms. The Hall–Kier alpha value is -0.170. The predicted octanol–water partition coefficient (Wildman–Crippen LogP) is 2.76. The zero-order valence-electron chi connectivity index (χ0n) is 5.51. The number of allylic oxidation sites excluding steroid dienone is 1. The molecule has 54 valence electrons. The first-order valence-corrected chi connectivity index (χ1v) is 4.03. The lowest BCUT2D eigenvalue weighted by Crippen LogP contribution is -2.06. The Kier molecular flexibility index (Phi) is 3.07. The van der Waals surface area contributed by atoms with E-state index in [0.717, 1.165) is 24.3 Å². The van der Waals surface area contributed by atoms with Crippen molar-refractivity contribution in [1.82, 2.24) is 0 Å². The molecule has 0 saturated heterocycles. The molecule has 0 aromatic carbocycles. The second-order valence-electron chi connectivity index (χ2n) is 2.30. The third kappa shape index (κ3) is 2.22. The highest BCUT2D eigenvalue weighted by molar-refractivity contribution is 7.78. The van der Waals surface area contributed by atoms with E-state index in [1.165, 1.54) is 0 Å². The molecule has 1 atom stereocenters. The van der Waals surface area contributed by atoms with Crippen molar-refractivity contribution in [3.05, 3.63) is 11.1 Å². The molecule has 3 heteroatoms. The lowest BCUT2D eigenvalue weighted by atomic mass is 10.0. The van der Waals surface area contributed by atoms with Gasteiger partial charge in [0.25, 0.3) is 0 Å². The van der Waals surface area contributed by atoms with Gasteiger partial charge in [0.2, 0.25) is 0 Å². The van der Waals surface area contributed by atoms with Crippen LogP contribution in [0.2, 0.25) is 0 Å². The smallest absolute Gasteiger partial charge is 0.0641 e. The average Bonchev–Trinajstić information content (AvgIpc) is 1.95. The Morgan fingerprint density at radius 2 is 2.60 bits per heavy atom. The van der Waals surface area contributed by atoms with Crippen LogP contribution < -0.4 is 0 Å². The van der Waals surface area contributed by atoms with E-state index in [0.29, 0.717) is 6.04 Å². The van der Waals surface area contributed by atoms with Crippen LogP contribution in [0.5, 0.6) is 0 Å². The number of rotatable bonds is 1. The van der Waals surface area contributed by atoms with Crippen LogP contribution in [0.25, 0.3) is 0 Å². The second kappa shape index (κ2) is 3.87. The van der Waals surface area contributed by atoms with E-state index in [9.17, 15) is 0 Å². The number of hydrogen-bond acceptors (Lipinski definition) is 2. The van der Waals surface area contributed by atoms with E-state index in [-0.39, 0.29) is 0 Å². The van der Waals surface area contributed by atoms with Crippen molar-refractivity contribution in [3.8, 4) is 0 Å². The maximum atomic E-state index is 5.76. The fraction of sp³-hybridized carbons (Fsp3) is 0.571. The highest BCUT2D eigenvalue weighted by Gasteiger charge is 2.10. The van der Waals surface area contributed by atoms with E-state index in [1.807, 2.05) is 6.08 Å². The zero-order chi connectivity index (χ0) is 7.40. The van der Waals surface area contributed by atoms with Crippen molar-refractivity contribution >= 4 is 29.0 Å². The minimum absolute atomic E-state index is 0.333. The molecule has 1 aliphatic rings. The standard InChI is InChI=1S/C7H8ClNS/c8-6-1-3-7(4-2-6)9-5-10/h1,7H,2-4H2. The van der Waals surface area contributed by atoms with Crippen molar-refractivity contribution in [2.24, 2.45) is 4.99 Å².